The minimum atomic E-state index is 0.667. The Morgan fingerprint density at radius 1 is 1.26 bits per heavy atom. The number of anilines is 1. The highest BCUT2D eigenvalue weighted by molar-refractivity contribution is 9.10. The Hall–Kier alpha value is -1.86. The number of hydrogen-bond donors (Lipinski definition) is 0. The first-order chi connectivity index (χ1) is 9.26. The molecule has 19 heavy (non-hydrogen) atoms. The summed E-state index contributed by atoms with van der Waals surface area (Å²) in [5, 5.41) is 9.29. The van der Waals surface area contributed by atoms with Gasteiger partial charge in [-0.2, -0.15) is 5.26 Å². The molecule has 0 unspecified atom stereocenters. The second kappa shape index (κ2) is 6.35. The third-order valence-corrected chi connectivity index (χ3v) is 3.57. The molecule has 1 aromatic carbocycles. The lowest BCUT2D eigenvalue weighted by molar-refractivity contribution is 0.808. The molecule has 0 aliphatic heterocycles. The number of rotatable bonds is 4. The van der Waals surface area contributed by atoms with E-state index in [1.165, 1.54) is 0 Å². The van der Waals surface area contributed by atoms with Crippen molar-refractivity contribution in [2.24, 2.45) is 0 Å². The van der Waals surface area contributed by atoms with E-state index in [0.29, 0.717) is 12.1 Å². The van der Waals surface area contributed by atoms with E-state index < -0.39 is 0 Å². The maximum Gasteiger partial charge on any atom is 0.103 e. The van der Waals surface area contributed by atoms with Crippen molar-refractivity contribution in [1.29, 1.82) is 5.26 Å². The molecular formula is C15H14BrN3. The smallest absolute Gasteiger partial charge is 0.103 e. The van der Waals surface area contributed by atoms with Gasteiger partial charge in [0, 0.05) is 17.2 Å². The van der Waals surface area contributed by atoms with Crippen LogP contribution in [0, 0.1) is 11.3 Å². The highest BCUT2D eigenvalue weighted by Crippen LogP contribution is 2.27. The van der Waals surface area contributed by atoms with Crippen LogP contribution < -0.4 is 4.90 Å². The van der Waals surface area contributed by atoms with E-state index in [1.807, 2.05) is 36.4 Å². The summed E-state index contributed by atoms with van der Waals surface area (Å²) in [5.74, 6) is 0. The van der Waals surface area contributed by atoms with Crippen LogP contribution >= 0.6 is 15.9 Å². The zero-order valence-corrected chi connectivity index (χ0v) is 12.3. The molecule has 4 heteroatoms. The van der Waals surface area contributed by atoms with Crippen LogP contribution in [0.2, 0.25) is 0 Å². The lowest BCUT2D eigenvalue weighted by atomic mass is 10.1. The van der Waals surface area contributed by atoms with E-state index in [9.17, 15) is 5.26 Å². The molecule has 0 fully saturated rings. The van der Waals surface area contributed by atoms with Crippen LogP contribution in [-0.2, 0) is 6.54 Å². The van der Waals surface area contributed by atoms with E-state index in [4.69, 9.17) is 0 Å². The third kappa shape index (κ3) is 3.12. The van der Waals surface area contributed by atoms with Crippen molar-refractivity contribution in [2.75, 3.05) is 11.4 Å². The summed E-state index contributed by atoms with van der Waals surface area (Å²) in [4.78, 5) is 6.48. The van der Waals surface area contributed by atoms with Crippen LogP contribution in [0.5, 0.6) is 0 Å². The standard InChI is InChI=1S/C15H14BrN3/c1-2-19(11-12-6-3-4-9-18-12)15-8-5-7-14(16)13(15)10-17/h3-9H,2,11H2,1H3. The Balaban J connectivity index is 2.33. The van der Waals surface area contributed by atoms with Crippen LogP contribution in [0.25, 0.3) is 0 Å². The lowest BCUT2D eigenvalue weighted by Crippen LogP contribution is -2.23. The molecule has 3 nitrogen and oxygen atoms in total. The van der Waals surface area contributed by atoms with Crippen molar-refractivity contribution in [1.82, 2.24) is 4.98 Å². The number of halogens is 1. The average molecular weight is 316 g/mol. The van der Waals surface area contributed by atoms with Gasteiger partial charge in [0.05, 0.1) is 23.5 Å². The fourth-order valence-electron chi connectivity index (χ4n) is 1.94. The Morgan fingerprint density at radius 2 is 2.11 bits per heavy atom. The van der Waals surface area contributed by atoms with Gasteiger partial charge in [-0.1, -0.05) is 12.1 Å². The Kier molecular flexibility index (Phi) is 4.53. The van der Waals surface area contributed by atoms with E-state index in [1.54, 1.807) is 6.20 Å². The molecule has 1 aromatic heterocycles. The summed E-state index contributed by atoms with van der Waals surface area (Å²) in [6, 6.07) is 13.9. The topological polar surface area (TPSA) is 39.9 Å². The first kappa shape index (κ1) is 13.6. The third-order valence-electron chi connectivity index (χ3n) is 2.90. The number of hydrogen-bond acceptors (Lipinski definition) is 3. The molecule has 0 atom stereocenters. The fourth-order valence-corrected chi connectivity index (χ4v) is 2.39. The molecule has 0 N–H and O–H groups in total. The van der Waals surface area contributed by atoms with Gasteiger partial charge in [-0.25, -0.2) is 0 Å². The molecule has 0 aliphatic rings. The molecular weight excluding hydrogens is 302 g/mol. The number of pyridine rings is 1. The molecule has 0 bridgehead atoms. The summed E-state index contributed by atoms with van der Waals surface area (Å²) in [6.45, 7) is 3.59. The molecule has 0 saturated heterocycles. The van der Waals surface area contributed by atoms with Gasteiger partial charge in [-0.15, -0.1) is 0 Å². The Bertz CT molecular complexity index is 590. The van der Waals surface area contributed by atoms with Gasteiger partial charge in [0.25, 0.3) is 0 Å². The Morgan fingerprint density at radius 3 is 2.74 bits per heavy atom. The van der Waals surface area contributed by atoms with Crippen LogP contribution in [0.15, 0.2) is 47.1 Å². The van der Waals surface area contributed by atoms with E-state index in [0.717, 1.165) is 22.4 Å². The van der Waals surface area contributed by atoms with Gasteiger partial charge in [-0.05, 0) is 47.1 Å². The van der Waals surface area contributed by atoms with Crippen LogP contribution in [-0.4, -0.2) is 11.5 Å². The second-order valence-electron chi connectivity index (χ2n) is 4.08. The summed E-state index contributed by atoms with van der Waals surface area (Å²) >= 11 is 3.43. The molecule has 0 amide bonds. The van der Waals surface area contributed by atoms with Gasteiger partial charge in [0.2, 0.25) is 0 Å². The van der Waals surface area contributed by atoms with Crippen molar-refractivity contribution in [3.05, 3.63) is 58.3 Å². The first-order valence-corrected chi connectivity index (χ1v) is 6.89. The van der Waals surface area contributed by atoms with Gasteiger partial charge >= 0.3 is 0 Å². The van der Waals surface area contributed by atoms with E-state index in [2.05, 4.69) is 38.8 Å². The van der Waals surface area contributed by atoms with Crippen molar-refractivity contribution >= 4 is 21.6 Å². The highest BCUT2D eigenvalue weighted by atomic mass is 79.9. The lowest BCUT2D eigenvalue weighted by Gasteiger charge is -2.24. The Labute approximate surface area is 121 Å². The molecule has 1 heterocycles. The van der Waals surface area contributed by atoms with Gasteiger partial charge in [0.1, 0.15) is 6.07 Å². The zero-order chi connectivity index (χ0) is 13.7. The van der Waals surface area contributed by atoms with Crippen molar-refractivity contribution < 1.29 is 0 Å². The maximum absolute atomic E-state index is 9.29. The predicted molar refractivity (Wildman–Crippen MR) is 79.8 cm³/mol. The molecule has 0 spiro atoms. The van der Waals surface area contributed by atoms with Crippen molar-refractivity contribution in [3.8, 4) is 6.07 Å². The second-order valence-corrected chi connectivity index (χ2v) is 4.94. The molecule has 2 rings (SSSR count). The minimum absolute atomic E-state index is 0.667. The maximum atomic E-state index is 9.29. The largest absolute Gasteiger partial charge is 0.365 e. The number of nitrogens with zero attached hydrogens (tertiary/aromatic N) is 3. The number of nitriles is 1. The highest BCUT2D eigenvalue weighted by Gasteiger charge is 2.12. The fraction of sp³-hybridized carbons (Fsp3) is 0.200. The average Bonchev–Trinajstić information content (AvgIpc) is 2.45. The molecule has 0 saturated carbocycles. The molecule has 0 aliphatic carbocycles. The van der Waals surface area contributed by atoms with Gasteiger partial charge < -0.3 is 4.90 Å². The van der Waals surface area contributed by atoms with E-state index >= 15 is 0 Å². The first-order valence-electron chi connectivity index (χ1n) is 6.09. The SMILES string of the molecule is CCN(Cc1ccccn1)c1cccc(Br)c1C#N. The zero-order valence-electron chi connectivity index (χ0n) is 10.7. The quantitative estimate of drug-likeness (QED) is 0.862. The number of aromatic nitrogens is 1. The molecule has 96 valence electrons. The molecule has 2 aromatic rings. The van der Waals surface area contributed by atoms with Crippen LogP contribution in [0.4, 0.5) is 5.69 Å². The number of benzene rings is 1. The van der Waals surface area contributed by atoms with Crippen molar-refractivity contribution in [3.63, 3.8) is 0 Å². The summed E-state index contributed by atoms with van der Waals surface area (Å²) in [5.41, 5.74) is 2.60. The van der Waals surface area contributed by atoms with Crippen molar-refractivity contribution in [2.45, 2.75) is 13.5 Å². The normalized spacial score (nSPS) is 9.95. The summed E-state index contributed by atoms with van der Waals surface area (Å²) in [7, 11) is 0. The monoisotopic (exact) mass is 315 g/mol. The van der Waals surface area contributed by atoms with Gasteiger partial charge in [-0.3, -0.25) is 4.98 Å². The van der Waals surface area contributed by atoms with Gasteiger partial charge in [0.15, 0.2) is 0 Å². The summed E-state index contributed by atoms with van der Waals surface area (Å²) < 4.78 is 0.826. The van der Waals surface area contributed by atoms with E-state index in [-0.39, 0.29) is 0 Å². The summed E-state index contributed by atoms with van der Waals surface area (Å²) in [6.07, 6.45) is 1.79. The minimum Gasteiger partial charge on any atom is -0.365 e. The van der Waals surface area contributed by atoms with Crippen LogP contribution in [0.1, 0.15) is 18.2 Å². The predicted octanol–water partition coefficient (Wildman–Crippen LogP) is 3.74. The molecule has 0 radical (unpaired) electrons. The van der Waals surface area contributed by atoms with Crippen LogP contribution in [0.3, 0.4) is 0 Å².